The molecule has 0 aliphatic carbocycles. The molecule has 2 aromatic heterocycles. The van der Waals surface area contributed by atoms with Gasteiger partial charge in [-0.2, -0.15) is 0 Å². The van der Waals surface area contributed by atoms with Crippen LogP contribution in [0.3, 0.4) is 0 Å². The number of aromatic nitrogens is 1. The highest BCUT2D eigenvalue weighted by Gasteiger charge is 2.10. The fraction of sp³-hybridized carbons (Fsp3) is 0.182. The number of hydrogen-bond acceptors (Lipinski definition) is 3. The van der Waals surface area contributed by atoms with Crippen LogP contribution >= 0.6 is 22.9 Å². The van der Waals surface area contributed by atoms with E-state index in [-0.39, 0.29) is 0 Å². The van der Waals surface area contributed by atoms with Gasteiger partial charge < -0.3 is 5.11 Å². The van der Waals surface area contributed by atoms with Gasteiger partial charge in [0.1, 0.15) is 0 Å². The molecule has 0 fully saturated rings. The van der Waals surface area contributed by atoms with E-state index in [0.717, 1.165) is 10.4 Å². The van der Waals surface area contributed by atoms with Gasteiger partial charge in [0.05, 0.1) is 10.4 Å². The number of aliphatic hydroxyl groups is 1. The fourth-order valence-electron chi connectivity index (χ4n) is 1.35. The summed E-state index contributed by atoms with van der Waals surface area (Å²) in [6.45, 7) is 0. The van der Waals surface area contributed by atoms with Gasteiger partial charge in [0.2, 0.25) is 0 Å². The maximum atomic E-state index is 9.91. The first-order chi connectivity index (χ1) is 7.25. The van der Waals surface area contributed by atoms with E-state index in [1.54, 1.807) is 18.5 Å². The molecule has 2 nitrogen and oxygen atoms in total. The molecular weight excluding hydrogens is 230 g/mol. The molecule has 0 saturated heterocycles. The summed E-state index contributed by atoms with van der Waals surface area (Å²) in [4.78, 5) is 4.90. The molecule has 2 rings (SSSR count). The van der Waals surface area contributed by atoms with Crippen LogP contribution in [0, 0.1) is 0 Å². The third kappa shape index (κ3) is 2.78. The molecule has 0 spiro atoms. The Hall–Kier alpha value is -0.900. The molecule has 0 aromatic carbocycles. The van der Waals surface area contributed by atoms with Gasteiger partial charge in [-0.3, -0.25) is 4.98 Å². The molecule has 1 atom stereocenters. The summed E-state index contributed by atoms with van der Waals surface area (Å²) < 4.78 is 0.704. The van der Waals surface area contributed by atoms with Crippen molar-refractivity contribution in [1.29, 1.82) is 0 Å². The maximum Gasteiger partial charge on any atom is 0.0932 e. The summed E-state index contributed by atoms with van der Waals surface area (Å²) in [5, 5.41) is 9.91. The predicted molar refractivity (Wildman–Crippen MR) is 62.2 cm³/mol. The minimum Gasteiger partial charge on any atom is -0.387 e. The predicted octanol–water partition coefficient (Wildman–Crippen LogP) is 3.07. The second-order valence-corrected chi connectivity index (χ2v) is 4.97. The first-order valence-electron chi connectivity index (χ1n) is 4.58. The van der Waals surface area contributed by atoms with E-state index in [0.29, 0.717) is 10.8 Å². The van der Waals surface area contributed by atoms with E-state index < -0.39 is 6.10 Å². The van der Waals surface area contributed by atoms with E-state index in [1.807, 2.05) is 18.2 Å². The molecular formula is C11H10ClNOS. The van der Waals surface area contributed by atoms with Gasteiger partial charge in [0.15, 0.2) is 0 Å². The molecule has 1 N–H and O–H groups in total. The Labute approximate surface area is 97.2 Å². The quantitative estimate of drug-likeness (QED) is 0.893. The highest BCUT2D eigenvalue weighted by Crippen LogP contribution is 2.28. The minimum atomic E-state index is -0.494. The van der Waals surface area contributed by atoms with Crippen LogP contribution in [0.4, 0.5) is 0 Å². The molecule has 15 heavy (non-hydrogen) atoms. The van der Waals surface area contributed by atoms with E-state index in [2.05, 4.69) is 4.98 Å². The van der Waals surface area contributed by atoms with Crippen LogP contribution in [-0.2, 0) is 6.42 Å². The number of nitrogens with zero attached hydrogens (tertiary/aromatic N) is 1. The van der Waals surface area contributed by atoms with Gasteiger partial charge in [-0.1, -0.05) is 17.7 Å². The average Bonchev–Trinajstić information content (AvgIpc) is 2.66. The summed E-state index contributed by atoms with van der Waals surface area (Å²) in [5.74, 6) is 0. The van der Waals surface area contributed by atoms with Crippen molar-refractivity contribution in [3.63, 3.8) is 0 Å². The Morgan fingerprint density at radius 3 is 2.87 bits per heavy atom. The zero-order valence-corrected chi connectivity index (χ0v) is 9.50. The standard InChI is InChI=1S/C11H10ClNOS/c12-11-4-3-10(15-11)9(14)6-8-2-1-5-13-7-8/h1-5,7,9,14H,6H2. The number of halogens is 1. The Balaban J connectivity index is 2.07. The zero-order chi connectivity index (χ0) is 10.7. The topological polar surface area (TPSA) is 33.1 Å². The van der Waals surface area contributed by atoms with Crippen LogP contribution in [0.15, 0.2) is 36.7 Å². The second kappa shape index (κ2) is 4.75. The van der Waals surface area contributed by atoms with Crippen LogP contribution < -0.4 is 0 Å². The van der Waals surface area contributed by atoms with Crippen molar-refractivity contribution < 1.29 is 5.11 Å². The number of aliphatic hydroxyl groups excluding tert-OH is 1. The Morgan fingerprint density at radius 2 is 2.27 bits per heavy atom. The summed E-state index contributed by atoms with van der Waals surface area (Å²) in [7, 11) is 0. The highest BCUT2D eigenvalue weighted by molar-refractivity contribution is 7.16. The van der Waals surface area contributed by atoms with Crippen molar-refractivity contribution in [2.24, 2.45) is 0 Å². The molecule has 2 heterocycles. The van der Waals surface area contributed by atoms with Crippen LogP contribution in [0.5, 0.6) is 0 Å². The van der Waals surface area contributed by atoms with E-state index >= 15 is 0 Å². The van der Waals surface area contributed by atoms with Gasteiger partial charge in [0, 0.05) is 23.7 Å². The van der Waals surface area contributed by atoms with Crippen molar-refractivity contribution in [1.82, 2.24) is 4.98 Å². The van der Waals surface area contributed by atoms with Crippen molar-refractivity contribution in [2.45, 2.75) is 12.5 Å². The zero-order valence-electron chi connectivity index (χ0n) is 7.93. The third-order valence-electron chi connectivity index (χ3n) is 2.07. The normalized spacial score (nSPS) is 12.7. The molecule has 0 aliphatic heterocycles. The van der Waals surface area contributed by atoms with Gasteiger partial charge in [0.25, 0.3) is 0 Å². The van der Waals surface area contributed by atoms with Gasteiger partial charge >= 0.3 is 0 Å². The van der Waals surface area contributed by atoms with Crippen molar-refractivity contribution in [2.75, 3.05) is 0 Å². The molecule has 0 aliphatic rings. The Kier molecular flexibility index (Phi) is 3.36. The molecule has 4 heteroatoms. The smallest absolute Gasteiger partial charge is 0.0932 e. The van der Waals surface area contributed by atoms with Crippen LogP contribution in [0.1, 0.15) is 16.5 Å². The molecule has 0 bridgehead atoms. The summed E-state index contributed by atoms with van der Waals surface area (Å²) >= 11 is 7.21. The molecule has 0 amide bonds. The van der Waals surface area contributed by atoms with Gasteiger partial charge in [-0.15, -0.1) is 11.3 Å². The molecule has 1 unspecified atom stereocenters. The number of hydrogen-bond donors (Lipinski definition) is 1. The van der Waals surface area contributed by atoms with Gasteiger partial charge in [-0.05, 0) is 23.8 Å². The van der Waals surface area contributed by atoms with Crippen LogP contribution in [-0.4, -0.2) is 10.1 Å². The number of rotatable bonds is 3. The monoisotopic (exact) mass is 239 g/mol. The third-order valence-corrected chi connectivity index (χ3v) is 3.41. The number of pyridine rings is 1. The lowest BCUT2D eigenvalue weighted by Gasteiger charge is -2.07. The lowest BCUT2D eigenvalue weighted by atomic mass is 10.1. The molecule has 78 valence electrons. The lowest BCUT2D eigenvalue weighted by Crippen LogP contribution is -1.99. The van der Waals surface area contributed by atoms with Gasteiger partial charge in [-0.25, -0.2) is 0 Å². The molecule has 0 radical (unpaired) electrons. The summed E-state index contributed by atoms with van der Waals surface area (Å²) in [6, 6.07) is 7.47. The van der Waals surface area contributed by atoms with Crippen LogP contribution in [0.2, 0.25) is 4.34 Å². The van der Waals surface area contributed by atoms with Crippen molar-refractivity contribution in [3.05, 3.63) is 51.4 Å². The average molecular weight is 240 g/mol. The van der Waals surface area contributed by atoms with Crippen LogP contribution in [0.25, 0.3) is 0 Å². The molecule has 2 aromatic rings. The largest absolute Gasteiger partial charge is 0.387 e. The summed E-state index contributed by atoms with van der Waals surface area (Å²) in [6.07, 6.45) is 3.56. The minimum absolute atomic E-state index is 0.494. The maximum absolute atomic E-state index is 9.91. The Morgan fingerprint density at radius 1 is 1.40 bits per heavy atom. The van der Waals surface area contributed by atoms with Crippen molar-refractivity contribution in [3.8, 4) is 0 Å². The highest BCUT2D eigenvalue weighted by atomic mass is 35.5. The van der Waals surface area contributed by atoms with E-state index in [9.17, 15) is 5.11 Å². The van der Waals surface area contributed by atoms with E-state index in [1.165, 1.54) is 11.3 Å². The number of thiophene rings is 1. The van der Waals surface area contributed by atoms with E-state index in [4.69, 9.17) is 11.6 Å². The Bertz CT molecular complexity index is 429. The fourth-order valence-corrected chi connectivity index (χ4v) is 2.40. The SMILES string of the molecule is OC(Cc1cccnc1)c1ccc(Cl)s1. The lowest BCUT2D eigenvalue weighted by molar-refractivity contribution is 0.182. The molecule has 0 saturated carbocycles. The van der Waals surface area contributed by atoms with Crippen molar-refractivity contribution >= 4 is 22.9 Å². The second-order valence-electron chi connectivity index (χ2n) is 3.22. The first kappa shape index (κ1) is 10.6. The first-order valence-corrected chi connectivity index (χ1v) is 5.77. The summed E-state index contributed by atoms with van der Waals surface area (Å²) in [5.41, 5.74) is 1.02.